The van der Waals surface area contributed by atoms with E-state index >= 15 is 0 Å². The fourth-order valence-electron chi connectivity index (χ4n) is 5.11. The number of aliphatic carboxylic acids is 1. The first-order chi connectivity index (χ1) is 15.9. The fourth-order valence-corrected chi connectivity index (χ4v) is 5.11. The minimum Gasteiger partial charge on any atom is -0.481 e. The van der Waals surface area contributed by atoms with E-state index in [2.05, 4.69) is 29.6 Å². The third-order valence-electron chi connectivity index (χ3n) is 6.93. The molecule has 0 unspecified atom stereocenters. The molecule has 0 radical (unpaired) electrons. The molecule has 0 bridgehead atoms. The van der Waals surface area contributed by atoms with Crippen LogP contribution in [-0.2, 0) is 14.3 Å². The number of carboxylic acid groups (broad SMARTS) is 1. The number of alkyl carbamates (subject to hydrolysis) is 1. The number of carbonyl (C=O) groups is 3. The quantitative estimate of drug-likeness (QED) is 0.693. The molecule has 2 aromatic rings. The molecule has 0 spiro atoms. The average Bonchev–Trinajstić information content (AvgIpc) is 3.14. The molecule has 2 N–H and O–H groups in total. The molecule has 7 nitrogen and oxygen atoms in total. The number of carbonyl (C=O) groups excluding carboxylic acids is 2. The monoisotopic (exact) mass is 450 g/mol. The van der Waals surface area contributed by atoms with Gasteiger partial charge in [0.1, 0.15) is 12.6 Å². The van der Waals surface area contributed by atoms with Gasteiger partial charge in [-0.2, -0.15) is 0 Å². The van der Waals surface area contributed by atoms with E-state index in [4.69, 9.17) is 4.74 Å². The summed E-state index contributed by atoms with van der Waals surface area (Å²) in [5.41, 5.74) is 4.54. The zero-order chi connectivity index (χ0) is 23.5. The van der Waals surface area contributed by atoms with Crippen LogP contribution in [0.5, 0.6) is 0 Å². The van der Waals surface area contributed by atoms with Crippen LogP contribution in [0.25, 0.3) is 11.1 Å². The Morgan fingerprint density at radius 2 is 1.70 bits per heavy atom. The summed E-state index contributed by atoms with van der Waals surface area (Å²) in [7, 11) is 0. The Morgan fingerprint density at radius 1 is 1.09 bits per heavy atom. The highest BCUT2D eigenvalue weighted by Crippen LogP contribution is 2.44. The minimum atomic E-state index is -0.891. The summed E-state index contributed by atoms with van der Waals surface area (Å²) < 4.78 is 5.58. The summed E-state index contributed by atoms with van der Waals surface area (Å²) in [4.78, 5) is 38.8. The Hall–Kier alpha value is -3.35. The number of hydrogen-bond acceptors (Lipinski definition) is 4. The minimum absolute atomic E-state index is 0.0580. The lowest BCUT2D eigenvalue weighted by molar-refractivity contribution is -0.149. The highest BCUT2D eigenvalue weighted by molar-refractivity contribution is 5.87. The van der Waals surface area contributed by atoms with E-state index < -0.39 is 30.1 Å². The normalized spacial score (nSPS) is 20.5. The van der Waals surface area contributed by atoms with Crippen LogP contribution in [0.3, 0.4) is 0 Å². The summed E-state index contributed by atoms with van der Waals surface area (Å²) in [6.45, 7) is 4.24. The standard InChI is InChI=1S/C26H30N2O5/c1-3-23(24(29)28-14-8-13-17(16(28)2)25(30)31)27-26(32)33-15-22-20-11-6-4-9-18(20)19-10-5-7-12-21(19)22/h4-7,9-12,16-17,22-23H,3,8,13-15H2,1-2H3,(H,27,32)(H,30,31)/t16-,17-,23-/m0/s1. The SMILES string of the molecule is CC[C@H](NC(=O)OCC1c2ccccc2-c2ccccc21)C(=O)N1CCC[C@H](C(=O)O)[C@@H]1C. The predicted octanol–water partition coefficient (Wildman–Crippen LogP) is 4.02. The molecule has 4 rings (SSSR count). The number of nitrogens with zero attached hydrogens (tertiary/aromatic N) is 1. The number of amides is 2. The second kappa shape index (κ2) is 9.65. The van der Waals surface area contributed by atoms with Crippen molar-refractivity contribution in [2.24, 2.45) is 5.92 Å². The molecule has 1 heterocycles. The van der Waals surface area contributed by atoms with Crippen LogP contribution >= 0.6 is 0 Å². The summed E-state index contributed by atoms with van der Waals surface area (Å²) in [5.74, 6) is -1.80. The van der Waals surface area contributed by atoms with Crippen molar-refractivity contribution in [2.75, 3.05) is 13.2 Å². The van der Waals surface area contributed by atoms with Crippen LogP contribution in [0.2, 0.25) is 0 Å². The number of carboxylic acids is 1. The van der Waals surface area contributed by atoms with Crippen molar-refractivity contribution < 1.29 is 24.2 Å². The molecule has 1 fully saturated rings. The Bertz CT molecular complexity index is 1010. The van der Waals surface area contributed by atoms with E-state index in [9.17, 15) is 19.5 Å². The van der Waals surface area contributed by atoms with Gasteiger partial charge in [-0.25, -0.2) is 4.79 Å². The van der Waals surface area contributed by atoms with Crippen molar-refractivity contribution in [3.63, 3.8) is 0 Å². The third kappa shape index (κ3) is 4.45. The summed E-state index contributed by atoms with van der Waals surface area (Å²) in [6, 6.07) is 15.0. The molecule has 0 saturated carbocycles. The lowest BCUT2D eigenvalue weighted by atomic mass is 9.89. The number of hydrogen-bond donors (Lipinski definition) is 2. The van der Waals surface area contributed by atoms with E-state index in [0.717, 1.165) is 22.3 Å². The molecule has 2 amide bonds. The van der Waals surface area contributed by atoms with Gasteiger partial charge in [-0.3, -0.25) is 9.59 Å². The molecular formula is C26H30N2O5. The topological polar surface area (TPSA) is 95.9 Å². The summed E-state index contributed by atoms with van der Waals surface area (Å²) in [5, 5.41) is 12.1. The molecule has 1 aliphatic heterocycles. The van der Waals surface area contributed by atoms with Crippen molar-refractivity contribution in [2.45, 2.75) is 51.1 Å². The smallest absolute Gasteiger partial charge is 0.407 e. The number of rotatable bonds is 6. The molecule has 1 saturated heterocycles. The molecule has 3 atom stereocenters. The van der Waals surface area contributed by atoms with Crippen LogP contribution in [0.15, 0.2) is 48.5 Å². The molecule has 1 aliphatic carbocycles. The Labute approximate surface area is 193 Å². The maximum Gasteiger partial charge on any atom is 0.407 e. The van der Waals surface area contributed by atoms with Crippen LogP contribution in [0, 0.1) is 5.92 Å². The first kappa shape index (κ1) is 22.8. The van der Waals surface area contributed by atoms with Crippen molar-refractivity contribution in [3.8, 4) is 11.1 Å². The van der Waals surface area contributed by atoms with Gasteiger partial charge in [0, 0.05) is 18.5 Å². The lowest BCUT2D eigenvalue weighted by Crippen LogP contribution is -2.55. The second-order valence-corrected chi connectivity index (χ2v) is 8.79. The van der Waals surface area contributed by atoms with E-state index in [1.807, 2.05) is 31.2 Å². The van der Waals surface area contributed by atoms with Gasteiger partial charge >= 0.3 is 12.1 Å². The van der Waals surface area contributed by atoms with Gasteiger partial charge in [0.15, 0.2) is 0 Å². The first-order valence-corrected chi connectivity index (χ1v) is 11.6. The molecule has 33 heavy (non-hydrogen) atoms. The van der Waals surface area contributed by atoms with Crippen molar-refractivity contribution in [1.82, 2.24) is 10.2 Å². The Balaban J connectivity index is 1.40. The van der Waals surface area contributed by atoms with Gasteiger partial charge in [-0.05, 0) is 48.4 Å². The van der Waals surface area contributed by atoms with Crippen molar-refractivity contribution >= 4 is 18.0 Å². The van der Waals surface area contributed by atoms with Crippen LogP contribution in [0.4, 0.5) is 4.79 Å². The van der Waals surface area contributed by atoms with Gasteiger partial charge in [-0.1, -0.05) is 55.5 Å². The number of fused-ring (bicyclic) bond motifs is 3. The lowest BCUT2D eigenvalue weighted by Gasteiger charge is -2.39. The number of piperidine rings is 1. The average molecular weight is 451 g/mol. The second-order valence-electron chi connectivity index (χ2n) is 8.79. The first-order valence-electron chi connectivity index (χ1n) is 11.6. The Kier molecular flexibility index (Phi) is 6.67. The maximum atomic E-state index is 13.1. The van der Waals surface area contributed by atoms with Crippen LogP contribution < -0.4 is 5.32 Å². The number of nitrogens with one attached hydrogen (secondary N) is 1. The molecular weight excluding hydrogens is 420 g/mol. The molecule has 174 valence electrons. The largest absolute Gasteiger partial charge is 0.481 e. The highest BCUT2D eigenvalue weighted by Gasteiger charge is 2.38. The molecule has 0 aromatic heterocycles. The van der Waals surface area contributed by atoms with Gasteiger partial charge < -0.3 is 20.1 Å². The van der Waals surface area contributed by atoms with Gasteiger partial charge in [-0.15, -0.1) is 0 Å². The molecule has 2 aliphatic rings. The van der Waals surface area contributed by atoms with Crippen LogP contribution in [-0.4, -0.2) is 53.2 Å². The molecule has 7 heteroatoms. The predicted molar refractivity (Wildman–Crippen MR) is 124 cm³/mol. The van der Waals surface area contributed by atoms with Crippen LogP contribution in [0.1, 0.15) is 50.2 Å². The van der Waals surface area contributed by atoms with E-state index in [1.54, 1.807) is 11.8 Å². The van der Waals surface area contributed by atoms with Gasteiger partial charge in [0.05, 0.1) is 5.92 Å². The summed E-state index contributed by atoms with van der Waals surface area (Å²) >= 11 is 0. The highest BCUT2D eigenvalue weighted by atomic mass is 16.5. The number of benzene rings is 2. The fraction of sp³-hybridized carbons (Fsp3) is 0.423. The van der Waals surface area contributed by atoms with E-state index in [-0.39, 0.29) is 18.4 Å². The van der Waals surface area contributed by atoms with Gasteiger partial charge in [0.25, 0.3) is 0 Å². The summed E-state index contributed by atoms with van der Waals surface area (Å²) in [6.07, 6.45) is 0.937. The third-order valence-corrected chi connectivity index (χ3v) is 6.93. The Morgan fingerprint density at radius 3 is 2.27 bits per heavy atom. The van der Waals surface area contributed by atoms with E-state index in [1.165, 1.54) is 0 Å². The zero-order valence-electron chi connectivity index (χ0n) is 19.0. The maximum absolute atomic E-state index is 13.1. The van der Waals surface area contributed by atoms with Crippen molar-refractivity contribution in [1.29, 1.82) is 0 Å². The zero-order valence-corrected chi connectivity index (χ0v) is 19.0. The number of likely N-dealkylation sites (tertiary alicyclic amines) is 1. The van der Waals surface area contributed by atoms with Gasteiger partial charge in [0.2, 0.25) is 5.91 Å². The van der Waals surface area contributed by atoms with E-state index in [0.29, 0.717) is 25.8 Å². The van der Waals surface area contributed by atoms with Crippen molar-refractivity contribution in [3.05, 3.63) is 59.7 Å². The number of ether oxygens (including phenoxy) is 1. The molecule has 2 aromatic carbocycles.